The number of carbonyl (C=O) groups is 1. The Morgan fingerprint density at radius 2 is 1.81 bits per heavy atom. The van der Waals surface area contributed by atoms with Crippen LogP contribution in [0.15, 0.2) is 42.7 Å². The molecule has 0 bridgehead atoms. The van der Waals surface area contributed by atoms with Gasteiger partial charge in [-0.25, -0.2) is 4.79 Å². The van der Waals surface area contributed by atoms with Crippen molar-refractivity contribution in [2.75, 3.05) is 13.2 Å². The van der Waals surface area contributed by atoms with Crippen LogP contribution in [0.3, 0.4) is 0 Å². The maximum Gasteiger partial charge on any atom is 0.331 e. The number of rotatable bonds is 7. The molecule has 2 aliphatic heterocycles. The fourth-order valence-corrected chi connectivity index (χ4v) is 4.84. The highest BCUT2D eigenvalue weighted by Crippen LogP contribution is 2.48. The summed E-state index contributed by atoms with van der Waals surface area (Å²) < 4.78 is 22.1. The average molecular weight is 510 g/mol. The van der Waals surface area contributed by atoms with E-state index in [1.54, 1.807) is 18.2 Å². The Balaban J connectivity index is 1.47. The lowest BCUT2D eigenvalue weighted by Gasteiger charge is -2.43. The van der Waals surface area contributed by atoms with Crippen LogP contribution in [0.25, 0.3) is 6.08 Å². The first kappa shape index (κ1) is 26.5. The molecule has 0 spiro atoms. The number of fused-ring (bicyclic) bond motifs is 1. The SMILES string of the molecule is O=C(/C=C\c1ccc(O)cc1)O[C@@H]1C[C@@](O)(CO)[C@H]2[C@H](O[C@@H]3O[C@H](CO)[C@@H](O)[C@H](O)[C@H]3O)OC=C[C@H]21. The van der Waals surface area contributed by atoms with Gasteiger partial charge >= 0.3 is 5.97 Å². The molecule has 1 saturated heterocycles. The number of esters is 1. The van der Waals surface area contributed by atoms with E-state index in [2.05, 4.69) is 0 Å². The molecule has 36 heavy (non-hydrogen) atoms. The largest absolute Gasteiger partial charge is 0.508 e. The van der Waals surface area contributed by atoms with Crippen molar-refractivity contribution in [3.63, 3.8) is 0 Å². The summed E-state index contributed by atoms with van der Waals surface area (Å²) in [5.41, 5.74) is -1.14. The van der Waals surface area contributed by atoms with Gasteiger partial charge in [-0.15, -0.1) is 0 Å². The minimum atomic E-state index is -1.79. The molecule has 0 unspecified atom stereocenters. The van der Waals surface area contributed by atoms with E-state index < -0.39 is 79.7 Å². The predicted octanol–water partition coefficient (Wildman–Crippen LogP) is -1.64. The van der Waals surface area contributed by atoms with Gasteiger partial charge in [-0.2, -0.15) is 0 Å². The monoisotopic (exact) mass is 510 g/mol. The number of aliphatic hydroxyl groups is 6. The van der Waals surface area contributed by atoms with Gasteiger partial charge in [-0.3, -0.25) is 0 Å². The second kappa shape index (κ2) is 10.8. The van der Waals surface area contributed by atoms with Gasteiger partial charge in [0.05, 0.1) is 25.4 Å². The number of hydrogen-bond acceptors (Lipinski definition) is 12. The first-order valence-corrected chi connectivity index (χ1v) is 11.5. The number of aromatic hydroxyl groups is 1. The molecular formula is C24H30O12. The number of benzene rings is 1. The molecule has 0 radical (unpaired) electrons. The summed E-state index contributed by atoms with van der Waals surface area (Å²) in [6.07, 6.45) is -4.46. The van der Waals surface area contributed by atoms with Crippen molar-refractivity contribution in [2.45, 2.75) is 55.1 Å². The van der Waals surface area contributed by atoms with Crippen LogP contribution in [0.1, 0.15) is 12.0 Å². The Kier molecular flexibility index (Phi) is 7.97. The maximum absolute atomic E-state index is 12.5. The summed E-state index contributed by atoms with van der Waals surface area (Å²) in [5.74, 6) is -2.21. The van der Waals surface area contributed by atoms with Gasteiger partial charge < -0.3 is 54.7 Å². The Bertz CT molecular complexity index is 962. The van der Waals surface area contributed by atoms with Crippen molar-refractivity contribution in [1.29, 1.82) is 0 Å². The molecule has 7 N–H and O–H groups in total. The highest BCUT2D eigenvalue weighted by molar-refractivity contribution is 5.87. The van der Waals surface area contributed by atoms with Crippen LogP contribution in [0.5, 0.6) is 5.75 Å². The van der Waals surface area contributed by atoms with Crippen molar-refractivity contribution in [3.8, 4) is 5.75 Å². The number of aliphatic hydroxyl groups excluding tert-OH is 5. The summed E-state index contributed by atoms with van der Waals surface area (Å²) in [5, 5.41) is 70.2. The van der Waals surface area contributed by atoms with E-state index in [1.165, 1.54) is 30.5 Å². The third-order valence-corrected chi connectivity index (χ3v) is 6.79. The molecule has 1 saturated carbocycles. The van der Waals surface area contributed by atoms with Crippen molar-refractivity contribution >= 4 is 12.0 Å². The lowest BCUT2D eigenvalue weighted by Crippen LogP contribution is -2.61. The summed E-state index contributed by atoms with van der Waals surface area (Å²) in [7, 11) is 0. The lowest BCUT2D eigenvalue weighted by molar-refractivity contribution is -0.347. The minimum Gasteiger partial charge on any atom is -0.508 e. The maximum atomic E-state index is 12.5. The first-order chi connectivity index (χ1) is 17.2. The number of phenols is 1. The van der Waals surface area contributed by atoms with Crippen LogP contribution in [-0.2, 0) is 23.7 Å². The van der Waals surface area contributed by atoms with Gasteiger partial charge in [-0.1, -0.05) is 12.1 Å². The number of hydrogen-bond donors (Lipinski definition) is 7. The topological polar surface area (TPSA) is 196 Å². The molecule has 2 heterocycles. The van der Waals surface area contributed by atoms with E-state index in [0.717, 1.165) is 0 Å². The van der Waals surface area contributed by atoms with Crippen LogP contribution in [0.2, 0.25) is 0 Å². The zero-order chi connectivity index (χ0) is 26.0. The second-order valence-electron chi connectivity index (χ2n) is 9.14. The van der Waals surface area contributed by atoms with E-state index in [9.17, 15) is 40.5 Å². The Morgan fingerprint density at radius 1 is 1.08 bits per heavy atom. The van der Waals surface area contributed by atoms with Gasteiger partial charge in [0.25, 0.3) is 0 Å². The van der Waals surface area contributed by atoms with Crippen molar-refractivity contribution in [3.05, 3.63) is 48.2 Å². The van der Waals surface area contributed by atoms with E-state index in [-0.39, 0.29) is 12.2 Å². The summed E-state index contributed by atoms with van der Waals surface area (Å²) >= 11 is 0. The zero-order valence-electron chi connectivity index (χ0n) is 19.1. The van der Waals surface area contributed by atoms with Crippen LogP contribution in [0, 0.1) is 11.8 Å². The van der Waals surface area contributed by atoms with Gasteiger partial charge in [-0.05, 0) is 29.8 Å². The molecule has 12 heteroatoms. The molecule has 10 atom stereocenters. The zero-order valence-corrected chi connectivity index (χ0v) is 19.1. The molecule has 0 amide bonds. The van der Waals surface area contributed by atoms with E-state index in [0.29, 0.717) is 5.56 Å². The quantitative estimate of drug-likeness (QED) is 0.164. The van der Waals surface area contributed by atoms with E-state index in [4.69, 9.17) is 18.9 Å². The molecule has 4 rings (SSSR count). The number of carbonyl (C=O) groups excluding carboxylic acids is 1. The standard InChI is InChI=1S/C24H30O12/c25-10-16-19(29)20(30)21(31)23(35-16)36-22-18-14(7-8-33-22)15(9-24(18,32)11-26)34-17(28)6-3-12-1-4-13(27)5-2-12/h1-8,14-16,18-23,25-27,29-32H,9-11H2/b6-3-/t14-,15+,16+,18+,19+,20-,21+,22-,23-,24+/m0/s1. The third-order valence-electron chi connectivity index (χ3n) is 6.79. The lowest BCUT2D eigenvalue weighted by atomic mass is 9.84. The molecule has 1 aromatic rings. The molecule has 3 aliphatic rings. The summed E-state index contributed by atoms with van der Waals surface area (Å²) in [6, 6.07) is 6.15. The van der Waals surface area contributed by atoms with Crippen LogP contribution in [0.4, 0.5) is 0 Å². The predicted molar refractivity (Wildman–Crippen MR) is 120 cm³/mol. The molecule has 12 nitrogen and oxygen atoms in total. The van der Waals surface area contributed by atoms with E-state index in [1.807, 2.05) is 0 Å². The van der Waals surface area contributed by atoms with Crippen LogP contribution in [-0.4, -0.2) is 104 Å². The first-order valence-electron chi connectivity index (χ1n) is 11.5. The molecule has 1 aliphatic carbocycles. The van der Waals surface area contributed by atoms with Gasteiger partial charge in [0.1, 0.15) is 41.9 Å². The highest BCUT2D eigenvalue weighted by Gasteiger charge is 2.59. The van der Waals surface area contributed by atoms with Crippen LogP contribution >= 0.6 is 0 Å². The van der Waals surface area contributed by atoms with Gasteiger partial charge in [0, 0.05) is 18.4 Å². The van der Waals surface area contributed by atoms with Crippen molar-refractivity contribution < 1.29 is 59.5 Å². The van der Waals surface area contributed by atoms with Crippen molar-refractivity contribution in [1.82, 2.24) is 0 Å². The smallest absolute Gasteiger partial charge is 0.331 e. The number of phenolic OH excluding ortho intramolecular Hbond substituents is 1. The van der Waals surface area contributed by atoms with Crippen LogP contribution < -0.4 is 0 Å². The molecule has 1 aromatic carbocycles. The van der Waals surface area contributed by atoms with Gasteiger partial charge in [0.15, 0.2) is 6.29 Å². The fraction of sp³-hybridized carbons (Fsp3) is 0.542. The molecular weight excluding hydrogens is 480 g/mol. The molecule has 0 aromatic heterocycles. The second-order valence-corrected chi connectivity index (χ2v) is 9.14. The fourth-order valence-electron chi connectivity index (χ4n) is 4.84. The minimum absolute atomic E-state index is 0.0850. The highest BCUT2D eigenvalue weighted by atomic mass is 16.8. The normalized spacial score (nSPS) is 40.1. The Labute approximate surface area is 206 Å². The summed E-state index contributed by atoms with van der Waals surface area (Å²) in [4.78, 5) is 12.5. The Morgan fingerprint density at radius 3 is 2.47 bits per heavy atom. The summed E-state index contributed by atoms with van der Waals surface area (Å²) in [6.45, 7) is -1.37. The Hall–Kier alpha value is -2.55. The molecule has 2 fully saturated rings. The number of ether oxygens (including phenoxy) is 4. The average Bonchev–Trinajstić information content (AvgIpc) is 3.16. The molecule has 198 valence electrons. The third kappa shape index (κ3) is 5.26. The van der Waals surface area contributed by atoms with E-state index >= 15 is 0 Å². The van der Waals surface area contributed by atoms with Gasteiger partial charge in [0.2, 0.25) is 6.29 Å². The van der Waals surface area contributed by atoms with Crippen molar-refractivity contribution in [2.24, 2.45) is 11.8 Å².